The van der Waals surface area contributed by atoms with Gasteiger partial charge in [-0.2, -0.15) is 0 Å². The zero-order chi connectivity index (χ0) is 16.2. The van der Waals surface area contributed by atoms with E-state index in [1.807, 2.05) is 0 Å². The molecule has 0 aliphatic carbocycles. The Morgan fingerprint density at radius 3 is 2.86 bits per heavy atom. The van der Waals surface area contributed by atoms with Crippen molar-refractivity contribution < 1.29 is 22.3 Å². The third kappa shape index (κ3) is 3.94. The first-order valence-electron chi connectivity index (χ1n) is 6.60. The van der Waals surface area contributed by atoms with Gasteiger partial charge >= 0.3 is 5.97 Å². The number of imidazole rings is 1. The number of nitrogens with one attached hydrogen (secondary N) is 2. The number of aromatic nitrogens is 2. The maximum atomic E-state index is 12.0. The summed E-state index contributed by atoms with van der Waals surface area (Å²) in [6, 6.07) is 4.65. The van der Waals surface area contributed by atoms with Crippen molar-refractivity contribution in [2.24, 2.45) is 0 Å². The van der Waals surface area contributed by atoms with Crippen LogP contribution >= 0.6 is 0 Å². The van der Waals surface area contributed by atoms with Crippen LogP contribution in [0.1, 0.15) is 23.5 Å². The second kappa shape index (κ2) is 6.73. The molecule has 0 bridgehead atoms. The van der Waals surface area contributed by atoms with E-state index in [9.17, 15) is 17.6 Å². The van der Waals surface area contributed by atoms with Gasteiger partial charge in [0, 0.05) is 0 Å². The Bertz CT molecular complexity index is 773. The lowest BCUT2D eigenvalue weighted by atomic mass is 10.3. The van der Waals surface area contributed by atoms with Crippen molar-refractivity contribution >= 4 is 32.7 Å². The number of H-pyrrole nitrogens is 1. The lowest BCUT2D eigenvalue weighted by Gasteiger charge is -2.07. The van der Waals surface area contributed by atoms with Crippen molar-refractivity contribution in [1.29, 1.82) is 0 Å². The number of aromatic amines is 1. The Morgan fingerprint density at radius 1 is 1.41 bits per heavy atom. The molecule has 0 unspecified atom stereocenters. The number of carbonyl (C=O) groups is 1. The molecule has 1 aromatic carbocycles. The normalized spacial score (nSPS) is 11.5. The van der Waals surface area contributed by atoms with Crippen molar-refractivity contribution in [3.8, 4) is 0 Å². The highest BCUT2D eigenvalue weighted by atomic mass is 32.2. The number of anilines is 1. The number of halogens is 1. The van der Waals surface area contributed by atoms with E-state index in [4.69, 9.17) is 0 Å². The summed E-state index contributed by atoms with van der Waals surface area (Å²) in [6.07, 6.45) is 0.466. The summed E-state index contributed by atoms with van der Waals surface area (Å²) >= 11 is 0. The van der Waals surface area contributed by atoms with Gasteiger partial charge in [0.2, 0.25) is 15.8 Å². The van der Waals surface area contributed by atoms with Gasteiger partial charge in [0.25, 0.3) is 0 Å². The maximum Gasteiger partial charge on any atom is 0.374 e. The molecule has 2 N–H and O–H groups in total. The smallest absolute Gasteiger partial charge is 0.374 e. The minimum Gasteiger partial charge on any atom is -0.463 e. The number of benzene rings is 1. The number of nitrogens with zero attached hydrogens (tertiary/aromatic N) is 1. The Balaban J connectivity index is 2.17. The van der Waals surface area contributed by atoms with Crippen molar-refractivity contribution in [2.75, 3.05) is 24.3 Å². The van der Waals surface area contributed by atoms with Crippen molar-refractivity contribution in [3.63, 3.8) is 0 Å². The Kier molecular flexibility index (Phi) is 4.96. The SMILES string of the molecule is COC(=O)c1nc2ccc(NS(=O)(=O)CCCCF)cc2[nH]1. The quantitative estimate of drug-likeness (QED) is 0.596. The number of hydrogen-bond donors (Lipinski definition) is 2. The fourth-order valence-electron chi connectivity index (χ4n) is 1.88. The largest absolute Gasteiger partial charge is 0.463 e. The van der Waals surface area contributed by atoms with Crippen LogP contribution in [0.3, 0.4) is 0 Å². The first-order valence-corrected chi connectivity index (χ1v) is 8.25. The van der Waals surface area contributed by atoms with Crippen LogP contribution in [-0.4, -0.2) is 43.9 Å². The number of ether oxygens (including phenoxy) is 1. The molecule has 9 heteroatoms. The predicted molar refractivity (Wildman–Crippen MR) is 80.1 cm³/mol. The highest BCUT2D eigenvalue weighted by Gasteiger charge is 2.14. The second-order valence-corrected chi connectivity index (χ2v) is 6.47. The fourth-order valence-corrected chi connectivity index (χ4v) is 3.06. The van der Waals surface area contributed by atoms with Crippen molar-refractivity contribution in [1.82, 2.24) is 9.97 Å². The van der Waals surface area contributed by atoms with Gasteiger partial charge in [-0.3, -0.25) is 9.11 Å². The van der Waals surface area contributed by atoms with Crippen LogP contribution in [0.15, 0.2) is 18.2 Å². The molecule has 0 aliphatic heterocycles. The van der Waals surface area contributed by atoms with E-state index in [2.05, 4.69) is 19.4 Å². The number of hydrogen-bond acceptors (Lipinski definition) is 5. The summed E-state index contributed by atoms with van der Waals surface area (Å²) < 4.78 is 42.6. The summed E-state index contributed by atoms with van der Waals surface area (Å²) in [5.41, 5.74) is 1.36. The van der Waals surface area contributed by atoms with Gasteiger partial charge < -0.3 is 9.72 Å². The van der Waals surface area contributed by atoms with E-state index < -0.39 is 22.7 Å². The van der Waals surface area contributed by atoms with Gasteiger partial charge in [0.1, 0.15) is 0 Å². The number of carbonyl (C=O) groups excluding carboxylic acids is 1. The van der Waals surface area contributed by atoms with E-state index in [-0.39, 0.29) is 24.4 Å². The summed E-state index contributed by atoms with van der Waals surface area (Å²) in [5.74, 6) is -0.712. The van der Waals surface area contributed by atoms with E-state index >= 15 is 0 Å². The Morgan fingerprint density at radius 2 is 2.18 bits per heavy atom. The number of fused-ring (bicyclic) bond motifs is 1. The molecule has 22 heavy (non-hydrogen) atoms. The van der Waals surface area contributed by atoms with Crippen LogP contribution < -0.4 is 4.72 Å². The Hall–Kier alpha value is -2.16. The molecule has 7 nitrogen and oxygen atoms in total. The average Bonchev–Trinajstić information content (AvgIpc) is 2.89. The molecule has 0 aliphatic rings. The maximum absolute atomic E-state index is 12.0. The second-order valence-electron chi connectivity index (χ2n) is 4.63. The predicted octanol–water partition coefficient (Wildman–Crippen LogP) is 1.84. The molecular formula is C13H16FN3O4S. The topological polar surface area (TPSA) is 101 Å². The van der Waals surface area contributed by atoms with Crippen LogP contribution in [0.4, 0.5) is 10.1 Å². The molecule has 0 radical (unpaired) electrons. The van der Waals surface area contributed by atoms with E-state index in [0.29, 0.717) is 16.7 Å². The lowest BCUT2D eigenvalue weighted by molar-refractivity contribution is 0.0588. The number of sulfonamides is 1. The van der Waals surface area contributed by atoms with Crippen LogP contribution in [0.2, 0.25) is 0 Å². The van der Waals surface area contributed by atoms with Gasteiger partial charge in [0.15, 0.2) is 0 Å². The van der Waals surface area contributed by atoms with Crippen LogP contribution in [-0.2, 0) is 14.8 Å². The number of rotatable bonds is 7. The van der Waals surface area contributed by atoms with Gasteiger partial charge in [0.05, 0.1) is 36.3 Å². The monoisotopic (exact) mass is 329 g/mol. The van der Waals surface area contributed by atoms with E-state index in [1.165, 1.54) is 19.2 Å². The number of unbranched alkanes of at least 4 members (excludes halogenated alkanes) is 1. The van der Waals surface area contributed by atoms with Crippen LogP contribution in [0.5, 0.6) is 0 Å². The molecule has 0 atom stereocenters. The summed E-state index contributed by atoms with van der Waals surface area (Å²) in [5, 5.41) is 0. The molecular weight excluding hydrogens is 313 g/mol. The summed E-state index contributed by atoms with van der Waals surface area (Å²) in [6.45, 7) is -0.536. The first-order chi connectivity index (χ1) is 10.4. The molecule has 0 spiro atoms. The minimum absolute atomic E-state index is 0.0421. The van der Waals surface area contributed by atoms with Gasteiger partial charge in [-0.05, 0) is 31.0 Å². The highest BCUT2D eigenvalue weighted by Crippen LogP contribution is 2.19. The molecule has 0 amide bonds. The van der Waals surface area contributed by atoms with Crippen LogP contribution in [0, 0.1) is 0 Å². The average molecular weight is 329 g/mol. The van der Waals surface area contributed by atoms with Crippen molar-refractivity contribution in [2.45, 2.75) is 12.8 Å². The zero-order valence-electron chi connectivity index (χ0n) is 11.9. The third-order valence-corrected chi connectivity index (χ3v) is 4.30. The molecule has 0 fully saturated rings. The van der Waals surface area contributed by atoms with E-state index in [0.717, 1.165) is 0 Å². The molecule has 120 valence electrons. The van der Waals surface area contributed by atoms with Gasteiger partial charge in [-0.1, -0.05) is 0 Å². The number of alkyl halides is 1. The molecule has 1 aromatic heterocycles. The standard InChI is InChI=1S/C13H16FN3O4S/c1-21-13(18)12-15-10-5-4-9(8-11(10)16-12)17-22(19,20)7-3-2-6-14/h4-5,8,17H,2-3,6-7H2,1H3,(H,15,16). The fraction of sp³-hybridized carbons (Fsp3) is 0.385. The highest BCUT2D eigenvalue weighted by molar-refractivity contribution is 7.92. The van der Waals surface area contributed by atoms with Gasteiger partial charge in [-0.15, -0.1) is 0 Å². The molecule has 2 aromatic rings. The molecule has 1 heterocycles. The number of methoxy groups -OCH3 is 1. The van der Waals surface area contributed by atoms with Crippen LogP contribution in [0.25, 0.3) is 11.0 Å². The summed E-state index contributed by atoms with van der Waals surface area (Å²) in [7, 11) is -2.29. The first kappa shape index (κ1) is 16.2. The van der Waals surface area contributed by atoms with E-state index in [1.54, 1.807) is 6.07 Å². The Labute approximate surface area is 126 Å². The molecule has 0 saturated carbocycles. The summed E-state index contributed by atoms with van der Waals surface area (Å²) in [4.78, 5) is 18.2. The number of esters is 1. The molecule has 2 rings (SSSR count). The third-order valence-electron chi connectivity index (χ3n) is 2.93. The molecule has 0 saturated heterocycles. The minimum atomic E-state index is -3.53. The lowest BCUT2D eigenvalue weighted by Crippen LogP contribution is -2.16. The zero-order valence-corrected chi connectivity index (χ0v) is 12.7. The van der Waals surface area contributed by atoms with Gasteiger partial charge in [-0.25, -0.2) is 18.2 Å². The van der Waals surface area contributed by atoms with Crippen molar-refractivity contribution in [3.05, 3.63) is 24.0 Å².